The van der Waals surface area contributed by atoms with Crippen LogP contribution in [0.15, 0.2) is 18.2 Å². The number of carbonyl (C=O) groups is 1. The van der Waals surface area contributed by atoms with Gasteiger partial charge in [0.25, 0.3) is 0 Å². The minimum Gasteiger partial charge on any atom is -0.493 e. The second-order valence-electron chi connectivity index (χ2n) is 7.45. The first kappa shape index (κ1) is 18.6. The van der Waals surface area contributed by atoms with Crippen molar-refractivity contribution in [3.63, 3.8) is 0 Å². The molecule has 1 N–H and O–H groups in total. The summed E-state index contributed by atoms with van der Waals surface area (Å²) in [6, 6.07) is 5.74. The Bertz CT molecular complexity index is 545. The highest BCUT2D eigenvalue weighted by Crippen LogP contribution is 2.29. The lowest BCUT2D eigenvalue weighted by Gasteiger charge is -2.18. The van der Waals surface area contributed by atoms with Gasteiger partial charge in [-0.3, -0.25) is 4.79 Å². The van der Waals surface area contributed by atoms with Crippen LogP contribution in [-0.4, -0.2) is 32.3 Å². The third-order valence-corrected chi connectivity index (χ3v) is 3.86. The van der Waals surface area contributed by atoms with Crippen molar-refractivity contribution < 1.29 is 19.0 Å². The Balaban J connectivity index is 1.89. The molecule has 1 aliphatic heterocycles. The van der Waals surface area contributed by atoms with E-state index in [0.29, 0.717) is 31.1 Å². The molecule has 1 fully saturated rings. The standard InChI is InChI=1S/C19H29NO4/c1-19(2,3)11-18(21)20-12-14-7-8-16(17(10-14)22-4)24-13-15-6-5-9-23-15/h7-8,10,15H,5-6,9,11-13H2,1-4H3,(H,20,21). The van der Waals surface area contributed by atoms with Crippen LogP contribution in [0.25, 0.3) is 0 Å². The summed E-state index contributed by atoms with van der Waals surface area (Å²) in [7, 11) is 1.62. The first-order chi connectivity index (χ1) is 11.4. The molecule has 1 heterocycles. The summed E-state index contributed by atoms with van der Waals surface area (Å²) in [4.78, 5) is 11.9. The maximum absolute atomic E-state index is 11.9. The fraction of sp³-hybridized carbons (Fsp3) is 0.632. The zero-order valence-electron chi connectivity index (χ0n) is 15.2. The molecule has 0 spiro atoms. The molecular weight excluding hydrogens is 306 g/mol. The van der Waals surface area contributed by atoms with Gasteiger partial charge in [-0.25, -0.2) is 0 Å². The number of nitrogens with one attached hydrogen (secondary N) is 1. The van der Waals surface area contributed by atoms with Gasteiger partial charge in [0.1, 0.15) is 6.61 Å². The maximum Gasteiger partial charge on any atom is 0.220 e. The van der Waals surface area contributed by atoms with E-state index in [1.54, 1.807) is 7.11 Å². The van der Waals surface area contributed by atoms with Gasteiger partial charge in [0.15, 0.2) is 11.5 Å². The number of carbonyl (C=O) groups excluding carboxylic acids is 1. The molecule has 0 bridgehead atoms. The molecule has 5 heteroatoms. The van der Waals surface area contributed by atoms with E-state index in [1.807, 2.05) is 18.2 Å². The van der Waals surface area contributed by atoms with Crippen LogP contribution in [-0.2, 0) is 16.1 Å². The molecular formula is C19H29NO4. The molecule has 1 amide bonds. The van der Waals surface area contributed by atoms with Crippen LogP contribution in [0.4, 0.5) is 0 Å². The maximum atomic E-state index is 11.9. The van der Waals surface area contributed by atoms with Gasteiger partial charge in [0.2, 0.25) is 5.91 Å². The molecule has 0 radical (unpaired) electrons. The van der Waals surface area contributed by atoms with Crippen molar-refractivity contribution in [1.29, 1.82) is 0 Å². The summed E-state index contributed by atoms with van der Waals surface area (Å²) in [6.45, 7) is 8.00. The minimum atomic E-state index is -0.0121. The minimum absolute atomic E-state index is 0.0121. The van der Waals surface area contributed by atoms with Crippen molar-refractivity contribution >= 4 is 5.91 Å². The summed E-state index contributed by atoms with van der Waals surface area (Å²) in [5, 5.41) is 2.95. The van der Waals surface area contributed by atoms with Gasteiger partial charge in [0, 0.05) is 19.6 Å². The zero-order valence-corrected chi connectivity index (χ0v) is 15.2. The number of benzene rings is 1. The van der Waals surface area contributed by atoms with Gasteiger partial charge in [-0.1, -0.05) is 26.8 Å². The Morgan fingerprint density at radius 2 is 2.12 bits per heavy atom. The SMILES string of the molecule is COc1cc(CNC(=O)CC(C)(C)C)ccc1OCC1CCCO1. The number of amides is 1. The molecule has 1 aromatic rings. The van der Waals surface area contributed by atoms with Crippen LogP contribution in [0.3, 0.4) is 0 Å². The van der Waals surface area contributed by atoms with Gasteiger partial charge >= 0.3 is 0 Å². The number of rotatable bonds is 7. The molecule has 1 atom stereocenters. The zero-order chi connectivity index (χ0) is 17.6. The summed E-state index contributed by atoms with van der Waals surface area (Å²) < 4.78 is 16.8. The number of methoxy groups -OCH3 is 1. The van der Waals surface area contributed by atoms with Crippen LogP contribution >= 0.6 is 0 Å². The summed E-state index contributed by atoms with van der Waals surface area (Å²) in [6.07, 6.45) is 2.82. The predicted octanol–water partition coefficient (Wildman–Crippen LogP) is 3.31. The number of ether oxygens (including phenoxy) is 3. The van der Waals surface area contributed by atoms with Crippen molar-refractivity contribution in [1.82, 2.24) is 5.32 Å². The highest BCUT2D eigenvalue weighted by molar-refractivity contribution is 5.76. The van der Waals surface area contributed by atoms with Crippen LogP contribution < -0.4 is 14.8 Å². The summed E-state index contributed by atoms with van der Waals surface area (Å²) >= 11 is 0. The molecule has 0 saturated carbocycles. The van der Waals surface area contributed by atoms with E-state index in [4.69, 9.17) is 14.2 Å². The van der Waals surface area contributed by atoms with Crippen molar-refractivity contribution in [2.24, 2.45) is 5.41 Å². The number of hydrogen-bond acceptors (Lipinski definition) is 4. The van der Waals surface area contributed by atoms with E-state index in [0.717, 1.165) is 25.0 Å². The van der Waals surface area contributed by atoms with Crippen LogP contribution in [0.1, 0.15) is 45.6 Å². The van der Waals surface area contributed by atoms with Crippen molar-refractivity contribution in [2.45, 2.75) is 52.7 Å². The third-order valence-electron chi connectivity index (χ3n) is 3.86. The first-order valence-corrected chi connectivity index (χ1v) is 8.55. The Morgan fingerprint density at radius 1 is 1.33 bits per heavy atom. The summed E-state index contributed by atoms with van der Waals surface area (Å²) in [5.41, 5.74) is 0.973. The van der Waals surface area contributed by atoms with E-state index < -0.39 is 0 Å². The van der Waals surface area contributed by atoms with E-state index in [-0.39, 0.29) is 17.4 Å². The highest BCUT2D eigenvalue weighted by Gasteiger charge is 2.18. The van der Waals surface area contributed by atoms with E-state index in [1.165, 1.54) is 0 Å². The van der Waals surface area contributed by atoms with Crippen LogP contribution in [0.2, 0.25) is 0 Å². The van der Waals surface area contributed by atoms with Gasteiger partial charge in [-0.05, 0) is 36.0 Å². The van der Waals surface area contributed by atoms with Gasteiger partial charge < -0.3 is 19.5 Å². The monoisotopic (exact) mass is 335 g/mol. The second kappa shape index (κ2) is 8.38. The van der Waals surface area contributed by atoms with Gasteiger partial charge in [-0.2, -0.15) is 0 Å². The molecule has 1 saturated heterocycles. The molecule has 134 valence electrons. The second-order valence-corrected chi connectivity index (χ2v) is 7.45. The molecule has 1 unspecified atom stereocenters. The van der Waals surface area contributed by atoms with Crippen LogP contribution in [0, 0.1) is 5.41 Å². The Labute approximate surface area is 144 Å². The van der Waals surface area contributed by atoms with E-state index in [2.05, 4.69) is 26.1 Å². The Morgan fingerprint density at radius 3 is 2.75 bits per heavy atom. The first-order valence-electron chi connectivity index (χ1n) is 8.55. The quantitative estimate of drug-likeness (QED) is 0.830. The third kappa shape index (κ3) is 6.04. The fourth-order valence-electron chi connectivity index (χ4n) is 2.64. The van der Waals surface area contributed by atoms with Crippen molar-refractivity contribution in [2.75, 3.05) is 20.3 Å². The van der Waals surface area contributed by atoms with Crippen LogP contribution in [0.5, 0.6) is 11.5 Å². The Hall–Kier alpha value is -1.75. The van der Waals surface area contributed by atoms with Gasteiger partial charge in [-0.15, -0.1) is 0 Å². The predicted molar refractivity (Wildman–Crippen MR) is 93.4 cm³/mol. The molecule has 0 aromatic heterocycles. The average Bonchev–Trinajstić information content (AvgIpc) is 3.03. The molecule has 2 rings (SSSR count). The lowest BCUT2D eigenvalue weighted by molar-refractivity contribution is -0.122. The number of hydrogen-bond donors (Lipinski definition) is 1. The molecule has 0 aliphatic carbocycles. The lowest BCUT2D eigenvalue weighted by atomic mass is 9.92. The topological polar surface area (TPSA) is 56.8 Å². The van der Waals surface area contributed by atoms with Crippen molar-refractivity contribution in [3.05, 3.63) is 23.8 Å². The van der Waals surface area contributed by atoms with E-state index >= 15 is 0 Å². The molecule has 24 heavy (non-hydrogen) atoms. The summed E-state index contributed by atoms with van der Waals surface area (Å²) in [5.74, 6) is 1.44. The Kier molecular flexibility index (Phi) is 6.49. The average molecular weight is 335 g/mol. The normalized spacial score (nSPS) is 17.6. The van der Waals surface area contributed by atoms with Crippen molar-refractivity contribution in [3.8, 4) is 11.5 Å². The van der Waals surface area contributed by atoms with Gasteiger partial charge in [0.05, 0.1) is 13.2 Å². The molecule has 1 aromatic carbocycles. The lowest BCUT2D eigenvalue weighted by Crippen LogP contribution is -2.27. The smallest absolute Gasteiger partial charge is 0.220 e. The molecule has 1 aliphatic rings. The fourth-order valence-corrected chi connectivity index (χ4v) is 2.64. The molecule has 5 nitrogen and oxygen atoms in total. The van der Waals surface area contributed by atoms with E-state index in [9.17, 15) is 4.79 Å². The highest BCUT2D eigenvalue weighted by atomic mass is 16.5. The largest absolute Gasteiger partial charge is 0.493 e.